The summed E-state index contributed by atoms with van der Waals surface area (Å²) in [4.78, 5) is 6.61. The number of piperidine rings is 1. The lowest BCUT2D eigenvalue weighted by atomic mass is 9.95. The minimum atomic E-state index is 0.303. The lowest BCUT2D eigenvalue weighted by Gasteiger charge is -2.41. The van der Waals surface area contributed by atoms with Crippen LogP contribution in [-0.2, 0) is 0 Å². The first-order valence-corrected chi connectivity index (χ1v) is 7.34. The average molecular weight is 251 g/mol. The van der Waals surface area contributed by atoms with Crippen LogP contribution in [0.3, 0.4) is 0 Å². The average Bonchev–Trinajstić information content (AvgIpc) is 2.40. The van der Waals surface area contributed by atoms with Crippen LogP contribution in [-0.4, -0.2) is 35.6 Å². The van der Waals surface area contributed by atoms with E-state index in [0.29, 0.717) is 4.75 Å². The van der Waals surface area contributed by atoms with Crippen LogP contribution in [0.15, 0.2) is 18.5 Å². The second kappa shape index (κ2) is 5.27. The Morgan fingerprint density at radius 3 is 2.71 bits per heavy atom. The second-order valence-electron chi connectivity index (χ2n) is 4.74. The van der Waals surface area contributed by atoms with Gasteiger partial charge in [-0.1, -0.05) is 0 Å². The molecule has 0 atom stereocenters. The fourth-order valence-electron chi connectivity index (χ4n) is 2.47. The van der Waals surface area contributed by atoms with Gasteiger partial charge >= 0.3 is 0 Å². The summed E-state index contributed by atoms with van der Waals surface area (Å²) in [5, 5.41) is 0. The van der Waals surface area contributed by atoms with E-state index in [-0.39, 0.29) is 0 Å². The fourth-order valence-corrected chi connectivity index (χ4v) is 3.23. The minimum absolute atomic E-state index is 0.303. The predicted molar refractivity (Wildman–Crippen MR) is 75.7 cm³/mol. The van der Waals surface area contributed by atoms with Crippen molar-refractivity contribution in [1.82, 2.24) is 4.98 Å². The van der Waals surface area contributed by atoms with Crippen LogP contribution in [0, 0.1) is 6.92 Å². The topological polar surface area (TPSA) is 42.1 Å². The van der Waals surface area contributed by atoms with Gasteiger partial charge in [-0.15, -0.1) is 0 Å². The molecule has 17 heavy (non-hydrogen) atoms. The molecule has 1 aromatic rings. The standard InChI is InChI=1S/C13H21N3S/c1-11-9-15-6-3-12(11)16-7-4-13(10-14,17-2)5-8-16/h3,6,9H,4-5,7-8,10,14H2,1-2H3. The maximum Gasteiger partial charge on any atom is 0.0426 e. The van der Waals surface area contributed by atoms with Crippen LogP contribution in [0.4, 0.5) is 5.69 Å². The zero-order valence-corrected chi connectivity index (χ0v) is 11.5. The number of hydrogen-bond acceptors (Lipinski definition) is 4. The summed E-state index contributed by atoms with van der Waals surface area (Å²) >= 11 is 1.93. The normalized spacial score (nSPS) is 19.4. The van der Waals surface area contributed by atoms with Crippen LogP contribution in [0.25, 0.3) is 0 Å². The van der Waals surface area contributed by atoms with Gasteiger partial charge in [-0.3, -0.25) is 4.98 Å². The molecule has 1 aliphatic rings. The first-order chi connectivity index (χ1) is 8.21. The van der Waals surface area contributed by atoms with Crippen LogP contribution in [0.1, 0.15) is 18.4 Å². The molecule has 1 aliphatic heterocycles. The van der Waals surface area contributed by atoms with Crippen LogP contribution < -0.4 is 10.6 Å². The van der Waals surface area contributed by atoms with E-state index in [2.05, 4.69) is 29.1 Å². The Labute approximate surface area is 108 Å². The highest BCUT2D eigenvalue weighted by atomic mass is 32.2. The third-order valence-corrected chi connectivity index (χ3v) is 5.25. The third-order valence-electron chi connectivity index (χ3n) is 3.81. The van der Waals surface area contributed by atoms with E-state index in [4.69, 9.17) is 5.73 Å². The van der Waals surface area contributed by atoms with Gasteiger partial charge in [0.25, 0.3) is 0 Å². The van der Waals surface area contributed by atoms with Crippen molar-refractivity contribution in [3.8, 4) is 0 Å². The number of pyridine rings is 1. The highest BCUT2D eigenvalue weighted by Gasteiger charge is 2.32. The molecule has 1 aromatic heterocycles. The van der Waals surface area contributed by atoms with Crippen LogP contribution in [0.2, 0.25) is 0 Å². The number of anilines is 1. The molecule has 0 aromatic carbocycles. The zero-order chi connectivity index (χ0) is 12.3. The van der Waals surface area contributed by atoms with Gasteiger partial charge in [-0.2, -0.15) is 11.8 Å². The van der Waals surface area contributed by atoms with Crippen molar-refractivity contribution in [2.24, 2.45) is 5.73 Å². The van der Waals surface area contributed by atoms with E-state index in [1.807, 2.05) is 24.2 Å². The summed E-state index contributed by atoms with van der Waals surface area (Å²) < 4.78 is 0.303. The van der Waals surface area contributed by atoms with Crippen molar-refractivity contribution in [3.05, 3.63) is 24.0 Å². The van der Waals surface area contributed by atoms with Crippen molar-refractivity contribution in [1.29, 1.82) is 0 Å². The first-order valence-electron chi connectivity index (χ1n) is 6.11. The highest BCUT2D eigenvalue weighted by Crippen LogP contribution is 2.35. The molecule has 1 saturated heterocycles. The number of aryl methyl sites for hydroxylation is 1. The lowest BCUT2D eigenvalue weighted by molar-refractivity contribution is 0.457. The first kappa shape index (κ1) is 12.7. The Morgan fingerprint density at radius 2 is 2.18 bits per heavy atom. The summed E-state index contributed by atoms with van der Waals surface area (Å²) in [6, 6.07) is 2.11. The molecule has 3 nitrogen and oxygen atoms in total. The number of nitrogens with two attached hydrogens (primary N) is 1. The molecule has 4 heteroatoms. The molecule has 0 radical (unpaired) electrons. The smallest absolute Gasteiger partial charge is 0.0426 e. The van der Waals surface area contributed by atoms with E-state index >= 15 is 0 Å². The second-order valence-corrected chi connectivity index (χ2v) is 6.01. The SMILES string of the molecule is CSC1(CN)CCN(c2ccncc2C)CC1. The quantitative estimate of drug-likeness (QED) is 0.893. The summed E-state index contributed by atoms with van der Waals surface area (Å²) in [5.41, 5.74) is 8.50. The fraction of sp³-hybridized carbons (Fsp3) is 0.615. The molecule has 0 amide bonds. The molecule has 0 bridgehead atoms. The van der Waals surface area contributed by atoms with E-state index in [1.54, 1.807) is 0 Å². The third kappa shape index (κ3) is 2.58. The van der Waals surface area contributed by atoms with E-state index in [0.717, 1.165) is 19.6 Å². The Balaban J connectivity index is 2.07. The summed E-state index contributed by atoms with van der Waals surface area (Å²) in [5.74, 6) is 0. The maximum absolute atomic E-state index is 5.91. The molecule has 0 unspecified atom stereocenters. The molecular formula is C13H21N3S. The van der Waals surface area contributed by atoms with Crippen LogP contribution >= 0.6 is 11.8 Å². The van der Waals surface area contributed by atoms with Crippen molar-refractivity contribution in [2.75, 3.05) is 30.8 Å². The van der Waals surface area contributed by atoms with Crippen molar-refractivity contribution in [3.63, 3.8) is 0 Å². The number of nitrogens with zero attached hydrogens (tertiary/aromatic N) is 2. The van der Waals surface area contributed by atoms with Crippen molar-refractivity contribution >= 4 is 17.4 Å². The Morgan fingerprint density at radius 1 is 1.47 bits per heavy atom. The van der Waals surface area contributed by atoms with Gasteiger partial charge in [-0.05, 0) is 37.7 Å². The summed E-state index contributed by atoms with van der Waals surface area (Å²) in [6.07, 6.45) is 8.34. The van der Waals surface area contributed by atoms with Gasteiger partial charge in [0.05, 0.1) is 0 Å². The number of hydrogen-bond donors (Lipinski definition) is 1. The monoisotopic (exact) mass is 251 g/mol. The number of thioether (sulfide) groups is 1. The largest absolute Gasteiger partial charge is 0.371 e. The summed E-state index contributed by atoms with van der Waals surface area (Å²) in [6.45, 7) is 5.12. The molecule has 2 N–H and O–H groups in total. The molecule has 1 fully saturated rings. The van der Waals surface area contributed by atoms with Crippen LogP contribution in [0.5, 0.6) is 0 Å². The molecule has 94 valence electrons. The lowest BCUT2D eigenvalue weighted by Crippen LogP contribution is -2.46. The maximum atomic E-state index is 5.91. The predicted octanol–water partition coefficient (Wildman–Crippen LogP) is 2.05. The Kier molecular flexibility index (Phi) is 3.94. The molecular weight excluding hydrogens is 230 g/mol. The molecule has 0 spiro atoms. The van der Waals surface area contributed by atoms with Crippen molar-refractivity contribution < 1.29 is 0 Å². The van der Waals surface area contributed by atoms with Gasteiger partial charge in [0.15, 0.2) is 0 Å². The zero-order valence-electron chi connectivity index (χ0n) is 10.6. The molecule has 2 heterocycles. The molecule has 0 aliphatic carbocycles. The van der Waals surface area contributed by atoms with E-state index in [1.165, 1.54) is 24.1 Å². The molecule has 0 saturated carbocycles. The van der Waals surface area contributed by atoms with E-state index in [9.17, 15) is 0 Å². The minimum Gasteiger partial charge on any atom is -0.371 e. The summed E-state index contributed by atoms with van der Waals surface area (Å²) in [7, 11) is 0. The number of aromatic nitrogens is 1. The molecule has 2 rings (SSSR count). The highest BCUT2D eigenvalue weighted by molar-refractivity contribution is 8.00. The Bertz CT molecular complexity index is 367. The van der Waals surface area contributed by atoms with Gasteiger partial charge in [0, 0.05) is 42.5 Å². The van der Waals surface area contributed by atoms with Gasteiger partial charge in [0.1, 0.15) is 0 Å². The Hall–Kier alpha value is -0.740. The van der Waals surface area contributed by atoms with E-state index < -0.39 is 0 Å². The van der Waals surface area contributed by atoms with Gasteiger partial charge in [-0.25, -0.2) is 0 Å². The van der Waals surface area contributed by atoms with Gasteiger partial charge in [0.2, 0.25) is 0 Å². The van der Waals surface area contributed by atoms with Gasteiger partial charge < -0.3 is 10.6 Å². The van der Waals surface area contributed by atoms with Crippen molar-refractivity contribution in [2.45, 2.75) is 24.5 Å². The number of rotatable bonds is 3.